The molecule has 3 rings (SSSR count). The minimum Gasteiger partial charge on any atom is -0.0654 e. The van der Waals surface area contributed by atoms with Crippen LogP contribution in [0.15, 0.2) is 42.5 Å². The predicted octanol–water partition coefficient (Wildman–Crippen LogP) is 15.7. The Balaban J connectivity index is 1.29. The van der Waals surface area contributed by atoms with Crippen LogP contribution in [0.4, 0.5) is 0 Å². The van der Waals surface area contributed by atoms with Crippen molar-refractivity contribution < 1.29 is 0 Å². The zero-order valence-electron chi connectivity index (χ0n) is 30.3. The van der Waals surface area contributed by atoms with Crippen molar-refractivity contribution in [3.8, 4) is 11.1 Å². The van der Waals surface area contributed by atoms with Crippen molar-refractivity contribution in [3.05, 3.63) is 59.2 Å². The summed E-state index contributed by atoms with van der Waals surface area (Å²) in [5.74, 6) is 0.622. The number of aryl methyl sites for hydroxylation is 1. The van der Waals surface area contributed by atoms with E-state index in [1.54, 1.807) is 22.3 Å². The first-order chi connectivity index (χ1) is 22.4. The van der Waals surface area contributed by atoms with Gasteiger partial charge in [0, 0.05) is 5.92 Å². The Morgan fingerprint density at radius 1 is 0.378 bits per heavy atom. The normalized spacial score (nSPS) is 13.8. The van der Waals surface area contributed by atoms with E-state index >= 15 is 0 Å². The summed E-state index contributed by atoms with van der Waals surface area (Å²) in [5.41, 5.74) is 8.02. The van der Waals surface area contributed by atoms with Crippen LogP contribution >= 0.6 is 0 Å². The lowest BCUT2D eigenvalue weighted by atomic mass is 9.87. The molecule has 2 aromatic rings. The van der Waals surface area contributed by atoms with Crippen LogP contribution in [-0.4, -0.2) is 0 Å². The molecule has 0 N–H and O–H groups in total. The third kappa shape index (κ3) is 15.3. The molecule has 1 unspecified atom stereocenters. The third-order valence-electron chi connectivity index (χ3n) is 10.8. The van der Waals surface area contributed by atoms with E-state index in [1.807, 2.05) is 0 Å². The summed E-state index contributed by atoms with van der Waals surface area (Å²) >= 11 is 0. The molecule has 0 saturated heterocycles. The summed E-state index contributed by atoms with van der Waals surface area (Å²) in [7, 11) is 0. The highest BCUT2D eigenvalue weighted by Gasteiger charge is 2.29. The van der Waals surface area contributed by atoms with Gasteiger partial charge in [-0.2, -0.15) is 0 Å². The molecule has 0 heteroatoms. The van der Waals surface area contributed by atoms with Crippen molar-refractivity contribution in [3.63, 3.8) is 0 Å². The summed E-state index contributed by atoms with van der Waals surface area (Å²) in [6.07, 6.45) is 42.9. The Kier molecular flexibility index (Phi) is 21.5. The Hall–Kier alpha value is -1.56. The SMILES string of the molecule is CCCCCCCCCCCCCCCCc1cccc2c1C(CCCCCCCCCCCCCCCC)c1ccccc1-2. The van der Waals surface area contributed by atoms with Crippen LogP contribution in [-0.2, 0) is 6.42 Å². The molecule has 0 saturated carbocycles. The monoisotopic (exact) mass is 615 g/mol. The van der Waals surface area contributed by atoms with Gasteiger partial charge in [-0.3, -0.25) is 0 Å². The predicted molar refractivity (Wildman–Crippen MR) is 203 cm³/mol. The standard InChI is InChI=1S/C45H74/c1-3-5-7-9-11-13-15-17-19-21-23-25-27-29-34-40-35-33-39-44-42-37-32-31-36-41(42)43(45(40)44)38-30-28-26-24-22-20-18-16-14-12-10-8-6-4-2/h31-33,35-37,39,43H,3-30,34,38H2,1-2H3. The summed E-state index contributed by atoms with van der Waals surface area (Å²) in [6.45, 7) is 4.62. The Morgan fingerprint density at radius 2 is 0.778 bits per heavy atom. The van der Waals surface area contributed by atoms with Crippen LogP contribution in [0.5, 0.6) is 0 Å². The second-order valence-electron chi connectivity index (χ2n) is 14.7. The molecule has 1 aliphatic rings. The highest BCUT2D eigenvalue weighted by Crippen LogP contribution is 2.48. The second-order valence-corrected chi connectivity index (χ2v) is 14.7. The molecule has 1 atom stereocenters. The molecule has 0 aromatic heterocycles. The summed E-state index contributed by atoms with van der Waals surface area (Å²) in [4.78, 5) is 0. The average molecular weight is 615 g/mol. The molecule has 0 heterocycles. The van der Waals surface area contributed by atoms with Gasteiger partial charge in [-0.25, -0.2) is 0 Å². The Morgan fingerprint density at radius 3 is 1.27 bits per heavy atom. The van der Waals surface area contributed by atoms with Gasteiger partial charge in [0.2, 0.25) is 0 Å². The van der Waals surface area contributed by atoms with Crippen LogP contribution in [0, 0.1) is 0 Å². The Labute approximate surface area is 282 Å². The van der Waals surface area contributed by atoms with Crippen molar-refractivity contribution in [2.45, 2.75) is 212 Å². The molecule has 0 bridgehead atoms. The lowest BCUT2D eigenvalue weighted by molar-refractivity contribution is 0.527. The number of benzene rings is 2. The first-order valence-corrected chi connectivity index (χ1v) is 20.6. The van der Waals surface area contributed by atoms with E-state index in [0.717, 1.165) is 0 Å². The topological polar surface area (TPSA) is 0 Å². The molecule has 0 fully saturated rings. The van der Waals surface area contributed by atoms with E-state index in [4.69, 9.17) is 0 Å². The van der Waals surface area contributed by atoms with E-state index < -0.39 is 0 Å². The number of hydrogen-bond donors (Lipinski definition) is 0. The molecule has 0 amide bonds. The van der Waals surface area contributed by atoms with Crippen molar-refractivity contribution in [1.82, 2.24) is 0 Å². The fourth-order valence-electron chi connectivity index (χ4n) is 8.03. The molecule has 0 radical (unpaired) electrons. The van der Waals surface area contributed by atoms with Crippen molar-refractivity contribution in [2.75, 3.05) is 0 Å². The van der Waals surface area contributed by atoms with Gasteiger partial charge in [0.15, 0.2) is 0 Å². The Bertz CT molecular complexity index is 970. The van der Waals surface area contributed by atoms with E-state index in [0.29, 0.717) is 5.92 Å². The largest absolute Gasteiger partial charge is 0.0654 e. The van der Waals surface area contributed by atoms with Gasteiger partial charge in [-0.15, -0.1) is 0 Å². The molecule has 254 valence electrons. The van der Waals surface area contributed by atoms with Crippen LogP contribution in [0.3, 0.4) is 0 Å². The number of rotatable bonds is 30. The van der Waals surface area contributed by atoms with Gasteiger partial charge in [0.25, 0.3) is 0 Å². The molecular weight excluding hydrogens is 540 g/mol. The van der Waals surface area contributed by atoms with Crippen molar-refractivity contribution in [2.24, 2.45) is 0 Å². The van der Waals surface area contributed by atoms with Gasteiger partial charge in [0.1, 0.15) is 0 Å². The zero-order valence-corrected chi connectivity index (χ0v) is 30.3. The summed E-state index contributed by atoms with van der Waals surface area (Å²) < 4.78 is 0. The molecule has 45 heavy (non-hydrogen) atoms. The molecule has 1 aliphatic carbocycles. The lowest BCUT2D eigenvalue weighted by Crippen LogP contribution is -2.02. The highest BCUT2D eigenvalue weighted by atomic mass is 14.3. The first-order valence-electron chi connectivity index (χ1n) is 20.6. The molecular formula is C45H74. The van der Waals surface area contributed by atoms with Crippen molar-refractivity contribution >= 4 is 0 Å². The summed E-state index contributed by atoms with van der Waals surface area (Å²) in [5, 5.41) is 0. The fourth-order valence-corrected chi connectivity index (χ4v) is 8.03. The molecule has 0 spiro atoms. The van der Waals surface area contributed by atoms with Gasteiger partial charge in [-0.1, -0.05) is 230 Å². The van der Waals surface area contributed by atoms with Gasteiger partial charge in [0.05, 0.1) is 0 Å². The van der Waals surface area contributed by atoms with Gasteiger partial charge >= 0.3 is 0 Å². The smallest absolute Gasteiger partial charge is 0.0104 e. The van der Waals surface area contributed by atoms with Crippen molar-refractivity contribution in [1.29, 1.82) is 0 Å². The van der Waals surface area contributed by atoms with E-state index in [-0.39, 0.29) is 0 Å². The second kappa shape index (κ2) is 25.5. The van der Waals surface area contributed by atoms with Crippen LogP contribution in [0.1, 0.15) is 223 Å². The molecule has 0 nitrogen and oxygen atoms in total. The first kappa shape index (κ1) is 37.9. The number of unbranched alkanes of at least 4 members (excludes halogenated alkanes) is 26. The maximum atomic E-state index is 2.46. The van der Waals surface area contributed by atoms with Gasteiger partial charge < -0.3 is 0 Å². The van der Waals surface area contributed by atoms with Crippen LogP contribution in [0.25, 0.3) is 11.1 Å². The highest BCUT2D eigenvalue weighted by molar-refractivity contribution is 5.80. The fraction of sp³-hybridized carbons (Fsp3) is 0.733. The molecule has 2 aromatic carbocycles. The minimum absolute atomic E-state index is 0.622. The number of hydrogen-bond acceptors (Lipinski definition) is 0. The van der Waals surface area contributed by atoms with E-state index in [1.165, 1.54) is 198 Å². The zero-order chi connectivity index (χ0) is 31.6. The maximum absolute atomic E-state index is 2.46. The lowest BCUT2D eigenvalue weighted by Gasteiger charge is -2.17. The summed E-state index contributed by atoms with van der Waals surface area (Å²) in [6, 6.07) is 16.5. The average Bonchev–Trinajstić information content (AvgIpc) is 3.39. The minimum atomic E-state index is 0.622. The molecule has 0 aliphatic heterocycles. The van der Waals surface area contributed by atoms with Crippen LogP contribution < -0.4 is 0 Å². The van der Waals surface area contributed by atoms with Gasteiger partial charge in [-0.05, 0) is 47.1 Å². The van der Waals surface area contributed by atoms with E-state index in [9.17, 15) is 0 Å². The number of fused-ring (bicyclic) bond motifs is 3. The quantitative estimate of drug-likeness (QED) is 0.0768. The third-order valence-corrected chi connectivity index (χ3v) is 10.8. The van der Waals surface area contributed by atoms with Crippen LogP contribution in [0.2, 0.25) is 0 Å². The van der Waals surface area contributed by atoms with E-state index in [2.05, 4.69) is 56.3 Å². The maximum Gasteiger partial charge on any atom is 0.0104 e.